The first-order valence-corrected chi connectivity index (χ1v) is 9.68. The molecule has 1 saturated heterocycles. The van der Waals surface area contributed by atoms with E-state index in [4.69, 9.17) is 20.4 Å². The highest BCUT2D eigenvalue weighted by Gasteiger charge is 2.18. The number of hydrogen-bond donors (Lipinski definition) is 5. The Morgan fingerprint density at radius 3 is 1.43 bits per heavy atom. The van der Waals surface area contributed by atoms with E-state index in [1.54, 1.807) is 14.7 Å². The largest absolute Gasteiger partial charge is 0.480 e. The number of aliphatic carboxylic acids is 4. The normalized spacial score (nSPS) is 19.7. The lowest BCUT2D eigenvalue weighted by Crippen LogP contribution is -2.50. The van der Waals surface area contributed by atoms with Gasteiger partial charge in [0.05, 0.1) is 26.3 Å². The molecule has 172 valence electrons. The van der Waals surface area contributed by atoms with Gasteiger partial charge in [-0.1, -0.05) is 0 Å². The lowest BCUT2D eigenvalue weighted by molar-refractivity contribution is -0.141. The molecule has 1 heterocycles. The van der Waals surface area contributed by atoms with Crippen LogP contribution in [0, 0.1) is 0 Å². The lowest BCUT2D eigenvalue weighted by atomic mass is 10.3. The Morgan fingerprint density at radius 1 is 0.567 bits per heavy atom. The second-order valence-electron chi connectivity index (χ2n) is 7.12. The fourth-order valence-electron chi connectivity index (χ4n) is 3.19. The zero-order valence-corrected chi connectivity index (χ0v) is 16.9. The summed E-state index contributed by atoms with van der Waals surface area (Å²) in [4.78, 5) is 49.5. The molecule has 1 aliphatic heterocycles. The lowest BCUT2D eigenvalue weighted by Gasteiger charge is -2.30. The van der Waals surface area contributed by atoms with Gasteiger partial charge in [0.1, 0.15) is 6.54 Å². The van der Waals surface area contributed by atoms with Crippen molar-refractivity contribution in [1.29, 1.82) is 0 Å². The molecule has 5 N–H and O–H groups in total. The van der Waals surface area contributed by atoms with Crippen LogP contribution in [0.3, 0.4) is 0 Å². The quantitative estimate of drug-likeness (QED) is 0.279. The summed E-state index contributed by atoms with van der Waals surface area (Å²) in [5.74, 6) is -4.05. The number of carboxylic acid groups (broad SMARTS) is 4. The van der Waals surface area contributed by atoms with Crippen LogP contribution >= 0.6 is 0 Å². The molecule has 0 unspecified atom stereocenters. The fraction of sp³-hybridized carbons (Fsp3) is 0.765. The number of carboxylic acids is 4. The maximum absolute atomic E-state index is 11.1. The predicted octanol–water partition coefficient (Wildman–Crippen LogP) is -2.21. The van der Waals surface area contributed by atoms with Gasteiger partial charge in [0.25, 0.3) is 0 Å². The summed E-state index contributed by atoms with van der Waals surface area (Å²) in [5, 5.41) is 37.9. The smallest absolute Gasteiger partial charge is 0.319 e. The Bertz CT molecular complexity index is 492. The van der Waals surface area contributed by atoms with Crippen LogP contribution in [-0.2, 0) is 19.2 Å². The van der Waals surface area contributed by atoms with Crippen molar-refractivity contribution >= 4 is 23.9 Å². The van der Waals surface area contributed by atoms with E-state index in [2.05, 4.69) is 5.43 Å². The molecule has 30 heavy (non-hydrogen) atoms. The van der Waals surface area contributed by atoms with E-state index in [0.717, 1.165) is 0 Å². The van der Waals surface area contributed by atoms with Crippen molar-refractivity contribution in [3.63, 3.8) is 0 Å². The minimum Gasteiger partial charge on any atom is -0.480 e. The average molecular weight is 433 g/mol. The fourth-order valence-corrected chi connectivity index (χ4v) is 3.19. The summed E-state index contributed by atoms with van der Waals surface area (Å²) in [6.45, 7) is 1.41. The van der Waals surface area contributed by atoms with Crippen molar-refractivity contribution in [2.24, 2.45) is 0 Å². The first-order chi connectivity index (χ1) is 14.2. The van der Waals surface area contributed by atoms with Gasteiger partial charge in [-0.15, -0.1) is 0 Å². The van der Waals surface area contributed by atoms with Crippen LogP contribution in [0.5, 0.6) is 0 Å². The molecule has 1 rings (SSSR count). The van der Waals surface area contributed by atoms with E-state index < -0.39 is 23.9 Å². The Hall–Kier alpha value is -2.32. The molecule has 13 heteroatoms. The SMILES string of the molecule is O=C(O)CN1CCCN(CC(=O)O)CNN(CC(=O)O)CCCN(CC(=O)O)CC1. The topological polar surface area (TPSA) is 174 Å². The molecule has 0 aromatic carbocycles. The van der Waals surface area contributed by atoms with Crippen molar-refractivity contribution in [3.8, 4) is 0 Å². The summed E-state index contributed by atoms with van der Waals surface area (Å²) >= 11 is 0. The Kier molecular flexibility index (Phi) is 11.8. The second kappa shape index (κ2) is 13.8. The van der Waals surface area contributed by atoms with Crippen molar-refractivity contribution < 1.29 is 39.6 Å². The van der Waals surface area contributed by atoms with Crippen LogP contribution in [0.2, 0.25) is 0 Å². The molecule has 0 saturated carbocycles. The molecule has 0 radical (unpaired) electrons. The molecule has 0 aromatic heterocycles. The highest BCUT2D eigenvalue weighted by molar-refractivity contribution is 5.70. The van der Waals surface area contributed by atoms with Crippen LogP contribution in [-0.4, -0.2) is 136 Å². The number of nitrogens with one attached hydrogen (secondary N) is 1. The summed E-state index contributed by atoms with van der Waals surface area (Å²) in [6.07, 6.45) is 0.978. The maximum atomic E-state index is 11.1. The van der Waals surface area contributed by atoms with Crippen molar-refractivity contribution in [2.75, 3.05) is 72.1 Å². The summed E-state index contributed by atoms with van der Waals surface area (Å²) in [5.41, 5.74) is 2.93. The molecule has 0 aromatic rings. The number of nitrogens with zero attached hydrogens (tertiary/aromatic N) is 4. The molecule has 0 amide bonds. The van der Waals surface area contributed by atoms with Crippen molar-refractivity contribution in [2.45, 2.75) is 12.8 Å². The maximum Gasteiger partial charge on any atom is 0.319 e. The number of rotatable bonds is 8. The van der Waals surface area contributed by atoms with E-state index in [1.807, 2.05) is 0 Å². The third-order valence-corrected chi connectivity index (χ3v) is 4.50. The molecule has 0 atom stereocenters. The highest BCUT2D eigenvalue weighted by Crippen LogP contribution is 2.01. The molecule has 13 nitrogen and oxygen atoms in total. The van der Waals surface area contributed by atoms with Crippen molar-refractivity contribution in [1.82, 2.24) is 25.1 Å². The van der Waals surface area contributed by atoms with E-state index >= 15 is 0 Å². The van der Waals surface area contributed by atoms with E-state index in [1.165, 1.54) is 5.01 Å². The van der Waals surface area contributed by atoms with Gasteiger partial charge in [-0.05, 0) is 12.8 Å². The van der Waals surface area contributed by atoms with Crippen LogP contribution in [0.25, 0.3) is 0 Å². The van der Waals surface area contributed by atoms with Gasteiger partial charge in [0, 0.05) is 39.3 Å². The van der Waals surface area contributed by atoms with Crippen LogP contribution < -0.4 is 5.43 Å². The number of hydrogen-bond acceptors (Lipinski definition) is 9. The molecule has 0 aliphatic carbocycles. The van der Waals surface area contributed by atoms with Crippen LogP contribution in [0.4, 0.5) is 0 Å². The third-order valence-electron chi connectivity index (χ3n) is 4.50. The number of hydrazine groups is 1. The van der Waals surface area contributed by atoms with Crippen LogP contribution in [0.15, 0.2) is 0 Å². The summed E-state index contributed by atoms with van der Waals surface area (Å²) in [6, 6.07) is 0. The van der Waals surface area contributed by atoms with Crippen molar-refractivity contribution in [3.05, 3.63) is 0 Å². The van der Waals surface area contributed by atoms with Gasteiger partial charge < -0.3 is 20.4 Å². The molecule has 1 fully saturated rings. The van der Waals surface area contributed by atoms with E-state index in [-0.39, 0.29) is 32.8 Å². The van der Waals surface area contributed by atoms with Gasteiger partial charge in [0.2, 0.25) is 0 Å². The van der Waals surface area contributed by atoms with Gasteiger partial charge in [-0.2, -0.15) is 0 Å². The highest BCUT2D eigenvalue weighted by atomic mass is 16.4. The molecule has 0 spiro atoms. The van der Waals surface area contributed by atoms with E-state index in [0.29, 0.717) is 52.1 Å². The Labute approximate surface area is 174 Å². The Morgan fingerprint density at radius 2 is 0.967 bits per heavy atom. The van der Waals surface area contributed by atoms with Gasteiger partial charge in [-0.25, -0.2) is 10.4 Å². The van der Waals surface area contributed by atoms with Crippen LogP contribution in [0.1, 0.15) is 12.8 Å². The zero-order valence-electron chi connectivity index (χ0n) is 16.9. The zero-order chi connectivity index (χ0) is 22.5. The predicted molar refractivity (Wildman–Crippen MR) is 104 cm³/mol. The monoisotopic (exact) mass is 433 g/mol. The Balaban J connectivity index is 2.87. The number of carbonyl (C=O) groups is 4. The summed E-state index contributed by atoms with van der Waals surface area (Å²) in [7, 11) is 0. The standard InChI is InChI=1S/C17H31N5O8/c23-14(24)9-19-3-1-5-21(11-16(27)28)13-18-22(12-17(29)30)6-2-4-20(8-7-19)10-15(25)26/h18H,1-13H2,(H,23,24)(H,25,26)(H,27,28)(H,29,30). The molecule has 1 aliphatic rings. The molecular weight excluding hydrogens is 402 g/mol. The van der Waals surface area contributed by atoms with Gasteiger partial charge in [-0.3, -0.25) is 33.9 Å². The first kappa shape index (κ1) is 25.7. The first-order valence-electron chi connectivity index (χ1n) is 9.68. The second-order valence-corrected chi connectivity index (χ2v) is 7.12. The minimum absolute atomic E-state index is 0.122. The third kappa shape index (κ3) is 12.3. The van der Waals surface area contributed by atoms with Gasteiger partial charge in [0.15, 0.2) is 0 Å². The van der Waals surface area contributed by atoms with Gasteiger partial charge >= 0.3 is 23.9 Å². The summed E-state index contributed by atoms with van der Waals surface area (Å²) < 4.78 is 0. The molecule has 0 bridgehead atoms. The van der Waals surface area contributed by atoms with E-state index in [9.17, 15) is 19.2 Å². The average Bonchev–Trinajstić information content (AvgIpc) is 2.60. The minimum atomic E-state index is -1.04. The molecular formula is C17H31N5O8.